The summed E-state index contributed by atoms with van der Waals surface area (Å²) < 4.78 is 15.2. The number of rotatable bonds is 2. The summed E-state index contributed by atoms with van der Waals surface area (Å²) in [6.45, 7) is 0.0657. The molecule has 0 saturated heterocycles. The maximum atomic E-state index is 13.5. The average molecular weight is 377 g/mol. The molecule has 7 nitrogen and oxygen atoms in total. The molecule has 0 spiro atoms. The molecule has 0 amide bonds. The van der Waals surface area contributed by atoms with E-state index in [0.717, 1.165) is 11.1 Å². The van der Waals surface area contributed by atoms with E-state index in [1.807, 2.05) is 6.07 Å². The highest BCUT2D eigenvalue weighted by Gasteiger charge is 2.41. The molecular weight excluding hydrogens is 361 g/mol. The minimum atomic E-state index is -0.546. The first-order valence-electron chi connectivity index (χ1n) is 8.85. The Morgan fingerprint density at radius 3 is 2.79 bits per heavy atom. The molecule has 2 atom stereocenters. The molecule has 1 aromatic heterocycles. The third-order valence-electron chi connectivity index (χ3n) is 5.13. The number of nitrogens with zero attached hydrogens (tertiary/aromatic N) is 4. The number of aryl methyl sites for hydroxylation is 1. The number of hydrogen-bond acceptors (Lipinski definition) is 6. The molecule has 0 saturated carbocycles. The predicted molar refractivity (Wildman–Crippen MR) is 99.8 cm³/mol. The Morgan fingerprint density at radius 2 is 2.04 bits per heavy atom. The molecule has 3 heterocycles. The van der Waals surface area contributed by atoms with Crippen LogP contribution >= 0.6 is 0 Å². The topological polar surface area (TPSA) is 81.4 Å². The number of carbonyl (C=O) groups is 1. The monoisotopic (exact) mass is 377 g/mol. The van der Waals surface area contributed by atoms with Crippen molar-refractivity contribution in [3.05, 3.63) is 77.1 Å². The Labute approximate surface area is 159 Å². The fraction of sp³-hybridized carbons (Fsp3) is 0.200. The SMILES string of the molecule is Cn1ncnc1C1C2=NCC(=O)c3cccc(c32)NOC1c1ccc(F)cc1. The van der Waals surface area contributed by atoms with Crippen LogP contribution in [0.1, 0.15) is 39.3 Å². The normalized spacial score (nSPS) is 20.8. The second kappa shape index (κ2) is 6.35. The zero-order valence-corrected chi connectivity index (χ0v) is 15.0. The molecule has 2 aromatic carbocycles. The highest BCUT2D eigenvalue weighted by molar-refractivity contribution is 6.20. The van der Waals surface area contributed by atoms with Gasteiger partial charge in [-0.2, -0.15) is 5.10 Å². The summed E-state index contributed by atoms with van der Waals surface area (Å²) in [4.78, 5) is 27.5. The quantitative estimate of drug-likeness (QED) is 0.743. The van der Waals surface area contributed by atoms with Crippen molar-refractivity contribution in [2.45, 2.75) is 12.0 Å². The van der Waals surface area contributed by atoms with E-state index >= 15 is 0 Å². The van der Waals surface area contributed by atoms with Crippen LogP contribution < -0.4 is 5.48 Å². The molecule has 2 aliphatic rings. The maximum Gasteiger partial charge on any atom is 0.184 e. The highest BCUT2D eigenvalue weighted by Crippen LogP contribution is 2.42. The van der Waals surface area contributed by atoms with E-state index < -0.39 is 12.0 Å². The van der Waals surface area contributed by atoms with Crippen LogP contribution in [-0.4, -0.2) is 32.8 Å². The number of anilines is 1. The number of carbonyl (C=O) groups excluding carboxylic acids is 1. The van der Waals surface area contributed by atoms with Crippen LogP contribution in [0.4, 0.5) is 10.1 Å². The van der Waals surface area contributed by atoms with Gasteiger partial charge in [-0.25, -0.2) is 9.37 Å². The first-order valence-corrected chi connectivity index (χ1v) is 8.85. The number of Topliss-reactive ketones (excluding diaryl/α,β-unsaturated/α-hetero) is 1. The Morgan fingerprint density at radius 1 is 1.21 bits per heavy atom. The van der Waals surface area contributed by atoms with E-state index in [1.54, 1.807) is 36.0 Å². The second-order valence-corrected chi connectivity index (χ2v) is 6.76. The van der Waals surface area contributed by atoms with Gasteiger partial charge in [0, 0.05) is 18.2 Å². The standard InChI is InChI=1S/C20H16FN5O2/c1-26-20(23-10-24-26)17-18-16-13(15(27)9-22-18)3-2-4-14(16)25-28-19(17)11-5-7-12(21)8-6-11/h2-8,10,17,19,25H,9H2,1H3. The molecule has 0 aliphatic carbocycles. The van der Waals surface area contributed by atoms with Crippen molar-refractivity contribution in [1.29, 1.82) is 0 Å². The number of halogens is 1. The second-order valence-electron chi connectivity index (χ2n) is 6.76. The van der Waals surface area contributed by atoms with Gasteiger partial charge in [0.2, 0.25) is 0 Å². The summed E-state index contributed by atoms with van der Waals surface area (Å²) in [6.07, 6.45) is 0.923. The summed E-state index contributed by atoms with van der Waals surface area (Å²) in [5.74, 6) is -0.154. The molecular formula is C20H16FN5O2. The van der Waals surface area contributed by atoms with Crippen molar-refractivity contribution >= 4 is 17.2 Å². The first-order chi connectivity index (χ1) is 13.6. The molecule has 2 aliphatic heterocycles. The summed E-state index contributed by atoms with van der Waals surface area (Å²) in [5, 5.41) is 4.19. The predicted octanol–water partition coefficient (Wildman–Crippen LogP) is 2.82. The Kier molecular flexibility index (Phi) is 3.80. The van der Waals surface area contributed by atoms with Crippen LogP contribution in [0.5, 0.6) is 0 Å². The third-order valence-corrected chi connectivity index (χ3v) is 5.13. The van der Waals surface area contributed by atoms with Gasteiger partial charge < -0.3 is 0 Å². The van der Waals surface area contributed by atoms with E-state index in [0.29, 0.717) is 22.8 Å². The summed E-state index contributed by atoms with van der Waals surface area (Å²) >= 11 is 0. The van der Waals surface area contributed by atoms with Crippen LogP contribution in [-0.2, 0) is 11.9 Å². The van der Waals surface area contributed by atoms with Gasteiger partial charge in [0.25, 0.3) is 0 Å². The lowest BCUT2D eigenvalue weighted by atomic mass is 9.83. The average Bonchev–Trinajstić information content (AvgIpc) is 3.05. The molecule has 140 valence electrons. The number of nitrogens with one attached hydrogen (secondary N) is 1. The van der Waals surface area contributed by atoms with E-state index in [4.69, 9.17) is 4.84 Å². The van der Waals surface area contributed by atoms with E-state index in [9.17, 15) is 9.18 Å². The summed E-state index contributed by atoms with van der Waals surface area (Å²) in [7, 11) is 1.80. The van der Waals surface area contributed by atoms with Gasteiger partial charge in [-0.1, -0.05) is 24.3 Å². The number of benzene rings is 2. The van der Waals surface area contributed by atoms with Gasteiger partial charge in [-0.3, -0.25) is 24.8 Å². The molecule has 2 unspecified atom stereocenters. The van der Waals surface area contributed by atoms with Gasteiger partial charge in [0.15, 0.2) is 5.78 Å². The lowest BCUT2D eigenvalue weighted by Gasteiger charge is -2.26. The van der Waals surface area contributed by atoms with E-state index in [2.05, 4.69) is 20.6 Å². The Balaban J connectivity index is 1.74. The lowest BCUT2D eigenvalue weighted by Crippen LogP contribution is -2.29. The van der Waals surface area contributed by atoms with Crippen molar-refractivity contribution in [3.8, 4) is 0 Å². The Hall–Kier alpha value is -3.39. The van der Waals surface area contributed by atoms with Crippen molar-refractivity contribution in [1.82, 2.24) is 14.8 Å². The number of aliphatic imine (C=N–C) groups is 1. The van der Waals surface area contributed by atoms with Crippen LogP contribution in [0.2, 0.25) is 0 Å². The van der Waals surface area contributed by atoms with E-state index in [1.165, 1.54) is 18.5 Å². The molecule has 28 heavy (non-hydrogen) atoms. The van der Waals surface area contributed by atoms with Crippen LogP contribution in [0, 0.1) is 5.82 Å². The van der Waals surface area contributed by atoms with Crippen LogP contribution in [0.3, 0.4) is 0 Å². The summed E-state index contributed by atoms with van der Waals surface area (Å²) in [6, 6.07) is 11.6. The minimum absolute atomic E-state index is 0.0423. The molecule has 0 fully saturated rings. The van der Waals surface area contributed by atoms with Gasteiger partial charge in [-0.15, -0.1) is 0 Å². The highest BCUT2D eigenvalue weighted by atomic mass is 19.1. The van der Waals surface area contributed by atoms with Gasteiger partial charge in [0.1, 0.15) is 30.6 Å². The fourth-order valence-electron chi connectivity index (χ4n) is 3.82. The van der Waals surface area contributed by atoms with Crippen molar-refractivity contribution < 1.29 is 14.0 Å². The molecule has 5 rings (SSSR count). The largest absolute Gasteiger partial charge is 0.292 e. The third kappa shape index (κ3) is 2.53. The zero-order valence-electron chi connectivity index (χ0n) is 15.0. The number of ketones is 1. The van der Waals surface area contributed by atoms with Gasteiger partial charge in [0.05, 0.1) is 17.3 Å². The fourth-order valence-corrected chi connectivity index (χ4v) is 3.82. The Bertz CT molecular complexity index is 1110. The van der Waals surface area contributed by atoms with Crippen LogP contribution in [0.15, 0.2) is 53.8 Å². The number of hydrogen-bond donors (Lipinski definition) is 1. The minimum Gasteiger partial charge on any atom is -0.292 e. The van der Waals surface area contributed by atoms with Crippen molar-refractivity contribution in [3.63, 3.8) is 0 Å². The zero-order chi connectivity index (χ0) is 19.3. The molecule has 3 aromatic rings. The van der Waals surface area contributed by atoms with Gasteiger partial charge in [-0.05, 0) is 23.8 Å². The molecule has 8 heteroatoms. The molecule has 0 bridgehead atoms. The molecule has 0 radical (unpaired) electrons. The van der Waals surface area contributed by atoms with Crippen LogP contribution in [0.25, 0.3) is 0 Å². The first kappa shape index (κ1) is 16.8. The van der Waals surface area contributed by atoms with Gasteiger partial charge >= 0.3 is 0 Å². The maximum absolute atomic E-state index is 13.5. The van der Waals surface area contributed by atoms with Crippen molar-refractivity contribution in [2.75, 3.05) is 12.0 Å². The smallest absolute Gasteiger partial charge is 0.184 e. The lowest BCUT2D eigenvalue weighted by molar-refractivity contribution is 0.0920. The van der Waals surface area contributed by atoms with Crippen molar-refractivity contribution in [2.24, 2.45) is 12.0 Å². The van der Waals surface area contributed by atoms with E-state index in [-0.39, 0.29) is 18.1 Å². The summed E-state index contributed by atoms with van der Waals surface area (Å²) in [5.41, 5.74) is 6.43. The molecule has 1 N–H and O–H groups in total. The number of aromatic nitrogens is 3.